The van der Waals surface area contributed by atoms with Crippen LogP contribution in [-0.4, -0.2) is 6.61 Å². The molecule has 0 fully saturated rings. The number of hydrogen-bond donors (Lipinski definition) is 0. The molecule has 0 aliphatic carbocycles. The highest BCUT2D eigenvalue weighted by Crippen LogP contribution is 2.31. The van der Waals surface area contributed by atoms with Crippen molar-refractivity contribution in [2.45, 2.75) is 96.8 Å². The Morgan fingerprint density at radius 2 is 0.833 bits per heavy atom. The molecular formula is C35H47O. The summed E-state index contributed by atoms with van der Waals surface area (Å²) in [6.07, 6.45) is 19.4. The van der Waals surface area contributed by atoms with Crippen molar-refractivity contribution in [3.63, 3.8) is 0 Å². The fourth-order valence-electron chi connectivity index (χ4n) is 4.91. The molecule has 3 aromatic rings. The van der Waals surface area contributed by atoms with Crippen LogP contribution in [0.2, 0.25) is 0 Å². The Kier molecular flexibility index (Phi) is 13.9. The van der Waals surface area contributed by atoms with E-state index in [1.165, 1.54) is 106 Å². The van der Waals surface area contributed by atoms with Gasteiger partial charge in [-0.1, -0.05) is 163 Å². The Hall–Kier alpha value is -2.54. The van der Waals surface area contributed by atoms with Crippen LogP contribution in [0.25, 0.3) is 0 Å². The van der Waals surface area contributed by atoms with Crippen LogP contribution in [0, 0.1) is 5.92 Å². The third-order valence-corrected chi connectivity index (χ3v) is 7.03. The zero-order chi connectivity index (χ0) is 25.1. The zero-order valence-electron chi connectivity index (χ0n) is 22.6. The smallest absolute Gasteiger partial charge is 0.119 e. The fourth-order valence-corrected chi connectivity index (χ4v) is 4.91. The molecule has 193 valence electrons. The van der Waals surface area contributed by atoms with Gasteiger partial charge in [-0.15, -0.1) is 0 Å². The van der Waals surface area contributed by atoms with Crippen LogP contribution in [0.1, 0.15) is 114 Å². The summed E-state index contributed by atoms with van der Waals surface area (Å²) in [5.74, 6) is 2.23. The summed E-state index contributed by atoms with van der Waals surface area (Å²) in [4.78, 5) is 0. The van der Waals surface area contributed by atoms with Crippen LogP contribution in [0.15, 0.2) is 84.9 Å². The summed E-state index contributed by atoms with van der Waals surface area (Å²) >= 11 is 0. The Labute approximate surface area is 221 Å². The summed E-state index contributed by atoms with van der Waals surface area (Å²) in [7, 11) is 0. The van der Waals surface area contributed by atoms with E-state index >= 15 is 0 Å². The first-order chi connectivity index (χ1) is 17.9. The van der Waals surface area contributed by atoms with Crippen molar-refractivity contribution in [2.75, 3.05) is 6.61 Å². The molecule has 0 aromatic heterocycles. The molecule has 36 heavy (non-hydrogen) atoms. The molecule has 3 aromatic carbocycles. The molecule has 1 heteroatoms. The van der Waals surface area contributed by atoms with Crippen molar-refractivity contribution in [1.29, 1.82) is 0 Å². The van der Waals surface area contributed by atoms with Gasteiger partial charge in [-0.2, -0.15) is 0 Å². The second-order valence-corrected chi connectivity index (χ2v) is 10.1. The van der Waals surface area contributed by atoms with Gasteiger partial charge in [-0.05, 0) is 35.2 Å². The van der Waals surface area contributed by atoms with Crippen molar-refractivity contribution < 1.29 is 4.74 Å². The quantitative estimate of drug-likeness (QED) is 0.122. The highest BCUT2D eigenvalue weighted by atomic mass is 16.5. The van der Waals surface area contributed by atoms with Crippen molar-refractivity contribution >= 4 is 0 Å². The van der Waals surface area contributed by atoms with Gasteiger partial charge in [-0.3, -0.25) is 0 Å². The number of rotatable bonds is 19. The SMILES string of the molecule is CCCCCCCCCCCCCCCCOc1ccc([C](c2ccccc2)c2ccccc2)cc1. The average molecular weight is 484 g/mol. The van der Waals surface area contributed by atoms with Gasteiger partial charge in [0, 0.05) is 0 Å². The summed E-state index contributed by atoms with van der Waals surface area (Å²) in [5.41, 5.74) is 3.69. The van der Waals surface area contributed by atoms with E-state index in [9.17, 15) is 0 Å². The molecule has 0 unspecified atom stereocenters. The lowest BCUT2D eigenvalue weighted by molar-refractivity contribution is 0.304. The second kappa shape index (κ2) is 17.8. The van der Waals surface area contributed by atoms with Gasteiger partial charge in [-0.25, -0.2) is 0 Å². The molecular weight excluding hydrogens is 436 g/mol. The predicted molar refractivity (Wildman–Crippen MR) is 156 cm³/mol. The number of unbranched alkanes of at least 4 members (excludes halogenated alkanes) is 13. The van der Waals surface area contributed by atoms with Gasteiger partial charge in [0.25, 0.3) is 0 Å². The minimum absolute atomic E-state index is 0.811. The van der Waals surface area contributed by atoms with E-state index in [4.69, 9.17) is 4.74 Å². The highest BCUT2D eigenvalue weighted by molar-refractivity contribution is 5.57. The summed E-state index contributed by atoms with van der Waals surface area (Å²) in [6, 6.07) is 29.9. The summed E-state index contributed by atoms with van der Waals surface area (Å²) in [5, 5.41) is 0. The lowest BCUT2D eigenvalue weighted by atomic mass is 9.85. The minimum Gasteiger partial charge on any atom is -0.494 e. The van der Waals surface area contributed by atoms with Crippen LogP contribution in [0.4, 0.5) is 0 Å². The van der Waals surface area contributed by atoms with Crippen molar-refractivity contribution in [3.05, 3.63) is 108 Å². The maximum atomic E-state index is 6.05. The molecule has 0 saturated carbocycles. The van der Waals surface area contributed by atoms with Crippen LogP contribution in [0.5, 0.6) is 5.75 Å². The molecule has 0 N–H and O–H groups in total. The second-order valence-electron chi connectivity index (χ2n) is 10.1. The maximum Gasteiger partial charge on any atom is 0.119 e. The monoisotopic (exact) mass is 483 g/mol. The van der Waals surface area contributed by atoms with Gasteiger partial charge in [0.2, 0.25) is 0 Å². The largest absolute Gasteiger partial charge is 0.494 e. The molecule has 0 heterocycles. The molecule has 0 spiro atoms. The number of benzene rings is 3. The van der Waals surface area contributed by atoms with E-state index in [0.717, 1.165) is 18.8 Å². The minimum atomic E-state index is 0.811. The van der Waals surface area contributed by atoms with Crippen molar-refractivity contribution in [1.82, 2.24) is 0 Å². The average Bonchev–Trinajstić information content (AvgIpc) is 2.93. The molecule has 0 bridgehead atoms. The number of hydrogen-bond acceptors (Lipinski definition) is 1. The van der Waals surface area contributed by atoms with Gasteiger partial charge < -0.3 is 4.74 Å². The maximum absolute atomic E-state index is 6.05. The Morgan fingerprint density at radius 1 is 0.444 bits per heavy atom. The van der Waals surface area contributed by atoms with Crippen molar-refractivity contribution in [3.8, 4) is 5.75 Å². The van der Waals surface area contributed by atoms with Crippen LogP contribution in [0.3, 0.4) is 0 Å². The topological polar surface area (TPSA) is 9.23 Å². The van der Waals surface area contributed by atoms with E-state index in [2.05, 4.69) is 91.9 Å². The first-order valence-corrected chi connectivity index (χ1v) is 14.6. The lowest BCUT2D eigenvalue weighted by Crippen LogP contribution is -2.04. The van der Waals surface area contributed by atoms with E-state index < -0.39 is 0 Å². The molecule has 0 aliphatic rings. The molecule has 0 aliphatic heterocycles. The molecule has 1 radical (unpaired) electrons. The van der Waals surface area contributed by atoms with Crippen molar-refractivity contribution in [2.24, 2.45) is 0 Å². The van der Waals surface area contributed by atoms with Crippen LogP contribution < -0.4 is 4.74 Å². The molecule has 0 atom stereocenters. The molecule has 0 amide bonds. The van der Waals surface area contributed by atoms with Gasteiger partial charge in [0.15, 0.2) is 0 Å². The van der Waals surface area contributed by atoms with E-state index in [-0.39, 0.29) is 0 Å². The van der Waals surface area contributed by atoms with Gasteiger partial charge >= 0.3 is 0 Å². The van der Waals surface area contributed by atoms with E-state index in [1.54, 1.807) is 0 Å². The number of ether oxygens (including phenoxy) is 1. The first kappa shape index (κ1) is 28.0. The first-order valence-electron chi connectivity index (χ1n) is 14.6. The molecule has 0 saturated heterocycles. The predicted octanol–water partition coefficient (Wildman–Crippen LogP) is 10.6. The summed E-state index contributed by atoms with van der Waals surface area (Å²) < 4.78 is 6.05. The van der Waals surface area contributed by atoms with Gasteiger partial charge in [0.05, 0.1) is 12.5 Å². The third-order valence-electron chi connectivity index (χ3n) is 7.03. The standard InChI is InChI=1S/C35H47O/c1-2-3-4-5-6-7-8-9-10-11-12-13-14-21-30-36-34-28-26-33(27-29-34)35(31-22-17-15-18-23-31)32-24-19-16-20-25-32/h15-20,22-29H,2-14,21,30H2,1H3. The highest BCUT2D eigenvalue weighted by Gasteiger charge is 2.17. The van der Waals surface area contributed by atoms with Gasteiger partial charge in [0.1, 0.15) is 5.75 Å². The third kappa shape index (κ3) is 10.6. The lowest BCUT2D eigenvalue weighted by Gasteiger charge is -2.18. The van der Waals surface area contributed by atoms with Crippen LogP contribution >= 0.6 is 0 Å². The van der Waals surface area contributed by atoms with Crippen LogP contribution in [-0.2, 0) is 0 Å². The fraction of sp³-hybridized carbons (Fsp3) is 0.457. The molecule has 1 nitrogen and oxygen atoms in total. The zero-order valence-corrected chi connectivity index (χ0v) is 22.6. The molecule has 3 rings (SSSR count). The Balaban J connectivity index is 1.29. The normalized spacial score (nSPS) is 11.2. The summed E-state index contributed by atoms with van der Waals surface area (Å²) in [6.45, 7) is 3.10. The Bertz CT molecular complexity index is 861. The Morgan fingerprint density at radius 3 is 1.28 bits per heavy atom. The van der Waals surface area contributed by atoms with E-state index in [0.29, 0.717) is 0 Å². The van der Waals surface area contributed by atoms with E-state index in [1.807, 2.05) is 0 Å².